The van der Waals surface area contributed by atoms with Crippen molar-refractivity contribution in [3.63, 3.8) is 0 Å². The quantitative estimate of drug-likeness (QED) is 0.382. The number of carbonyl (C=O) groups excluding carboxylic acids is 4. The van der Waals surface area contributed by atoms with Crippen LogP contribution >= 0.6 is 0 Å². The standard InChI is InChI=1S/C22H23N3O5/c1-24(16-8-3-2-4-9-16)13-7-12-23-19(26)15-30-20(27)14-25-18-11-6-5-10-17(18)21(28)22(25)29/h2-6,8-11H,7,12-15H2,1H3,(H,23,26). The smallest absolute Gasteiger partial charge is 0.326 e. The first-order valence-corrected chi connectivity index (χ1v) is 9.61. The highest BCUT2D eigenvalue weighted by atomic mass is 16.5. The Morgan fingerprint density at radius 2 is 1.73 bits per heavy atom. The molecule has 8 nitrogen and oxygen atoms in total. The number of nitrogens with one attached hydrogen (secondary N) is 1. The van der Waals surface area contributed by atoms with Crippen LogP contribution in [0.15, 0.2) is 54.6 Å². The number of fused-ring (bicyclic) bond motifs is 1. The van der Waals surface area contributed by atoms with Gasteiger partial charge in [0.15, 0.2) is 6.61 Å². The molecule has 0 fully saturated rings. The Bertz CT molecular complexity index is 945. The van der Waals surface area contributed by atoms with Crippen LogP contribution in [-0.2, 0) is 19.1 Å². The summed E-state index contributed by atoms with van der Waals surface area (Å²) in [4.78, 5) is 51.0. The maximum absolute atomic E-state index is 12.1. The number of amides is 2. The molecule has 1 heterocycles. The Labute approximate surface area is 174 Å². The van der Waals surface area contributed by atoms with Gasteiger partial charge in [-0.3, -0.25) is 24.1 Å². The zero-order valence-electron chi connectivity index (χ0n) is 16.7. The molecule has 2 aromatic rings. The van der Waals surface area contributed by atoms with Crippen LogP contribution in [0.5, 0.6) is 0 Å². The third-order valence-electron chi connectivity index (χ3n) is 4.72. The monoisotopic (exact) mass is 409 g/mol. The van der Waals surface area contributed by atoms with Gasteiger partial charge in [-0.15, -0.1) is 0 Å². The third-order valence-corrected chi connectivity index (χ3v) is 4.72. The first-order chi connectivity index (χ1) is 14.5. The number of benzene rings is 2. The minimum absolute atomic E-state index is 0.258. The second-order valence-corrected chi connectivity index (χ2v) is 6.86. The topological polar surface area (TPSA) is 96.0 Å². The number of ketones is 1. The lowest BCUT2D eigenvalue weighted by molar-refractivity contribution is -0.147. The molecule has 30 heavy (non-hydrogen) atoms. The lowest BCUT2D eigenvalue weighted by atomic mass is 10.1. The van der Waals surface area contributed by atoms with Gasteiger partial charge in [0.25, 0.3) is 17.6 Å². The summed E-state index contributed by atoms with van der Waals surface area (Å²) in [6.45, 7) is 0.344. The molecule has 3 rings (SSSR count). The molecule has 1 N–H and O–H groups in total. The van der Waals surface area contributed by atoms with Crippen molar-refractivity contribution in [3.8, 4) is 0 Å². The zero-order valence-corrected chi connectivity index (χ0v) is 16.7. The number of nitrogens with zero attached hydrogens (tertiary/aromatic N) is 2. The van der Waals surface area contributed by atoms with Gasteiger partial charge in [0.1, 0.15) is 6.54 Å². The maximum Gasteiger partial charge on any atom is 0.326 e. The predicted molar refractivity (Wildman–Crippen MR) is 111 cm³/mol. The predicted octanol–water partition coefficient (Wildman–Crippen LogP) is 1.40. The van der Waals surface area contributed by atoms with Gasteiger partial charge >= 0.3 is 5.97 Å². The minimum atomic E-state index is -0.778. The lowest BCUT2D eigenvalue weighted by Gasteiger charge is -2.19. The molecule has 156 valence electrons. The number of anilines is 2. The minimum Gasteiger partial charge on any atom is -0.454 e. The maximum atomic E-state index is 12.1. The summed E-state index contributed by atoms with van der Waals surface area (Å²) in [5.41, 5.74) is 1.72. The van der Waals surface area contributed by atoms with Gasteiger partial charge in [0, 0.05) is 25.8 Å². The van der Waals surface area contributed by atoms with E-state index in [1.807, 2.05) is 37.4 Å². The van der Waals surface area contributed by atoms with E-state index in [9.17, 15) is 19.2 Å². The summed E-state index contributed by atoms with van der Waals surface area (Å²) >= 11 is 0. The van der Waals surface area contributed by atoms with E-state index in [4.69, 9.17) is 4.74 Å². The van der Waals surface area contributed by atoms with Crippen LogP contribution in [0.3, 0.4) is 0 Å². The lowest BCUT2D eigenvalue weighted by Crippen LogP contribution is -2.37. The second-order valence-electron chi connectivity index (χ2n) is 6.86. The molecule has 0 aromatic heterocycles. The first-order valence-electron chi connectivity index (χ1n) is 9.61. The molecular formula is C22H23N3O5. The molecule has 0 bridgehead atoms. The second kappa shape index (κ2) is 9.69. The number of esters is 1. The Morgan fingerprint density at radius 3 is 2.50 bits per heavy atom. The normalized spacial score (nSPS) is 12.5. The van der Waals surface area contributed by atoms with Crippen LogP contribution in [0.1, 0.15) is 16.8 Å². The van der Waals surface area contributed by atoms with Crippen LogP contribution < -0.4 is 15.1 Å². The number of hydrogen-bond donors (Lipinski definition) is 1. The number of ether oxygens (including phenoxy) is 1. The summed E-state index contributed by atoms with van der Waals surface area (Å²) in [5, 5.41) is 2.69. The fourth-order valence-electron chi connectivity index (χ4n) is 3.13. The Morgan fingerprint density at radius 1 is 1.03 bits per heavy atom. The van der Waals surface area contributed by atoms with E-state index in [1.165, 1.54) is 6.07 Å². The average molecular weight is 409 g/mol. The highest BCUT2D eigenvalue weighted by Crippen LogP contribution is 2.28. The van der Waals surface area contributed by atoms with Gasteiger partial charge < -0.3 is 15.0 Å². The van der Waals surface area contributed by atoms with Crippen molar-refractivity contribution in [1.82, 2.24) is 5.32 Å². The van der Waals surface area contributed by atoms with Crippen molar-refractivity contribution in [2.24, 2.45) is 0 Å². The number of Topliss-reactive ketones (excluding diaryl/α,β-unsaturated/α-hetero) is 1. The van der Waals surface area contributed by atoms with Crippen molar-refractivity contribution in [3.05, 3.63) is 60.2 Å². The molecule has 1 aliphatic heterocycles. The third kappa shape index (κ3) is 5.02. The summed E-state index contributed by atoms with van der Waals surface area (Å²) in [5.74, 6) is -2.61. The Balaban J connectivity index is 1.36. The van der Waals surface area contributed by atoms with E-state index in [-0.39, 0.29) is 5.56 Å². The molecule has 1 aliphatic rings. The van der Waals surface area contributed by atoms with Crippen LogP contribution in [0.2, 0.25) is 0 Å². The van der Waals surface area contributed by atoms with E-state index in [2.05, 4.69) is 10.2 Å². The molecule has 0 spiro atoms. The summed E-state index contributed by atoms with van der Waals surface area (Å²) in [6, 6.07) is 16.3. The first kappa shape index (κ1) is 21.0. The summed E-state index contributed by atoms with van der Waals surface area (Å²) in [7, 11) is 1.97. The zero-order chi connectivity index (χ0) is 21.5. The van der Waals surface area contributed by atoms with Gasteiger partial charge in [0.2, 0.25) is 0 Å². The van der Waals surface area contributed by atoms with E-state index >= 15 is 0 Å². The van der Waals surface area contributed by atoms with Crippen LogP contribution in [0.4, 0.5) is 11.4 Å². The largest absolute Gasteiger partial charge is 0.454 e. The molecule has 0 saturated carbocycles. The SMILES string of the molecule is CN(CCCNC(=O)COC(=O)CN1C(=O)C(=O)c2ccccc21)c1ccccc1. The van der Waals surface area contributed by atoms with E-state index < -0.39 is 36.7 Å². The van der Waals surface area contributed by atoms with E-state index in [0.717, 1.165) is 23.6 Å². The van der Waals surface area contributed by atoms with E-state index in [0.29, 0.717) is 12.2 Å². The van der Waals surface area contributed by atoms with Crippen molar-refractivity contribution in [2.45, 2.75) is 6.42 Å². The molecule has 0 radical (unpaired) electrons. The average Bonchev–Trinajstić information content (AvgIpc) is 3.01. The molecule has 2 amide bonds. The van der Waals surface area contributed by atoms with Crippen LogP contribution in [0, 0.1) is 0 Å². The number of rotatable bonds is 9. The highest BCUT2D eigenvalue weighted by molar-refractivity contribution is 6.52. The van der Waals surface area contributed by atoms with E-state index in [1.54, 1.807) is 18.2 Å². The Hall–Kier alpha value is -3.68. The fourth-order valence-corrected chi connectivity index (χ4v) is 3.13. The molecule has 8 heteroatoms. The summed E-state index contributed by atoms with van der Waals surface area (Å²) < 4.78 is 4.95. The van der Waals surface area contributed by atoms with Crippen molar-refractivity contribution >= 4 is 34.9 Å². The molecule has 0 atom stereocenters. The number of para-hydroxylation sites is 2. The molecule has 0 unspecified atom stereocenters. The molecule has 0 saturated heterocycles. The van der Waals surface area contributed by atoms with Gasteiger partial charge in [-0.1, -0.05) is 30.3 Å². The van der Waals surface area contributed by atoms with Gasteiger partial charge in [-0.05, 0) is 30.7 Å². The van der Waals surface area contributed by atoms with Crippen LogP contribution in [0.25, 0.3) is 0 Å². The van der Waals surface area contributed by atoms with Crippen molar-refractivity contribution in [1.29, 1.82) is 0 Å². The number of carbonyl (C=O) groups is 4. The highest BCUT2D eigenvalue weighted by Gasteiger charge is 2.36. The van der Waals surface area contributed by atoms with Gasteiger partial charge in [0.05, 0.1) is 11.3 Å². The number of hydrogen-bond acceptors (Lipinski definition) is 6. The molecular weight excluding hydrogens is 386 g/mol. The fraction of sp³-hybridized carbons (Fsp3) is 0.273. The van der Waals surface area contributed by atoms with Gasteiger partial charge in [-0.25, -0.2) is 0 Å². The molecule has 2 aromatic carbocycles. The van der Waals surface area contributed by atoms with Crippen molar-refractivity contribution < 1.29 is 23.9 Å². The van der Waals surface area contributed by atoms with Crippen LogP contribution in [-0.4, -0.2) is 56.9 Å². The summed E-state index contributed by atoms with van der Waals surface area (Å²) in [6.07, 6.45) is 0.728. The van der Waals surface area contributed by atoms with Gasteiger partial charge in [-0.2, -0.15) is 0 Å². The van der Waals surface area contributed by atoms with Crippen molar-refractivity contribution in [2.75, 3.05) is 43.1 Å². The Kier molecular flexibility index (Phi) is 6.79. The molecule has 0 aliphatic carbocycles.